The average molecular weight is 409 g/mol. The van der Waals surface area contributed by atoms with Gasteiger partial charge >= 0.3 is 6.09 Å². The Kier molecular flexibility index (Phi) is 5.09. The Morgan fingerprint density at radius 1 is 1.36 bits per heavy atom. The van der Waals surface area contributed by atoms with Gasteiger partial charge in [0.2, 0.25) is 5.88 Å². The molecule has 1 aromatic rings. The number of hydrogen-bond donors (Lipinski definition) is 0. The molecule has 0 aliphatic carbocycles. The summed E-state index contributed by atoms with van der Waals surface area (Å²) in [5, 5.41) is 0.831. The molecule has 2 atom stereocenters. The molecule has 0 spiro atoms. The number of hydrogen-bond acceptors (Lipinski definition) is 4. The number of aromatic nitrogens is 1. The second-order valence-electron chi connectivity index (χ2n) is 7.46. The maximum absolute atomic E-state index is 12.6. The van der Waals surface area contributed by atoms with Gasteiger partial charge in [0.05, 0.1) is 24.9 Å². The molecule has 2 bridgehead atoms. The third-order valence-corrected chi connectivity index (χ3v) is 4.96. The highest BCUT2D eigenvalue weighted by Gasteiger charge is 2.45. The van der Waals surface area contributed by atoms with Gasteiger partial charge in [0.15, 0.2) is 0 Å². The Hall–Kier alpha value is -1.56. The largest absolute Gasteiger partial charge is 0.481 e. The van der Waals surface area contributed by atoms with E-state index < -0.39 is 5.60 Å². The van der Waals surface area contributed by atoms with Crippen molar-refractivity contribution < 1.29 is 14.3 Å². The smallest absolute Gasteiger partial charge is 0.411 e. The van der Waals surface area contributed by atoms with Crippen molar-refractivity contribution in [3.63, 3.8) is 0 Å². The lowest BCUT2D eigenvalue weighted by Crippen LogP contribution is -2.40. The van der Waals surface area contributed by atoms with Crippen LogP contribution in [0.2, 0.25) is 0 Å². The lowest BCUT2D eigenvalue weighted by Gasteiger charge is -2.28. The fourth-order valence-electron chi connectivity index (χ4n) is 3.61. The van der Waals surface area contributed by atoms with E-state index in [4.69, 9.17) is 9.47 Å². The summed E-state index contributed by atoms with van der Waals surface area (Å²) in [4.78, 5) is 19.1. The molecule has 5 nitrogen and oxygen atoms in total. The topological polar surface area (TPSA) is 51.7 Å². The summed E-state index contributed by atoms with van der Waals surface area (Å²) in [6.07, 6.45) is 4.75. The molecule has 0 aromatic carbocycles. The van der Waals surface area contributed by atoms with Crippen molar-refractivity contribution in [2.24, 2.45) is 0 Å². The number of nitrogens with zero attached hydrogens (tertiary/aromatic N) is 2. The van der Waals surface area contributed by atoms with Crippen molar-refractivity contribution in [1.29, 1.82) is 0 Å². The Labute approximate surface area is 157 Å². The van der Waals surface area contributed by atoms with Crippen molar-refractivity contribution in [2.75, 3.05) is 12.4 Å². The predicted octanol–water partition coefficient (Wildman–Crippen LogP) is 4.19. The quantitative estimate of drug-likeness (QED) is 0.700. The van der Waals surface area contributed by atoms with Crippen molar-refractivity contribution in [3.8, 4) is 5.88 Å². The van der Waals surface area contributed by atoms with Gasteiger partial charge in [0.25, 0.3) is 0 Å². The van der Waals surface area contributed by atoms with E-state index in [-0.39, 0.29) is 18.2 Å². The minimum absolute atomic E-state index is 0.0733. The molecule has 0 radical (unpaired) electrons. The first-order chi connectivity index (χ1) is 11.8. The molecule has 1 fully saturated rings. The van der Waals surface area contributed by atoms with Gasteiger partial charge in [-0.3, -0.25) is 4.90 Å². The number of halogens is 1. The maximum atomic E-state index is 12.6. The molecular weight excluding hydrogens is 384 g/mol. The molecule has 2 aliphatic rings. The van der Waals surface area contributed by atoms with E-state index in [9.17, 15) is 4.79 Å². The molecule has 0 N–H and O–H groups in total. The van der Waals surface area contributed by atoms with Crippen LogP contribution in [-0.4, -0.2) is 46.1 Å². The number of carbonyl (C=O) groups is 1. The van der Waals surface area contributed by atoms with E-state index in [1.165, 1.54) is 5.57 Å². The zero-order valence-electron chi connectivity index (χ0n) is 15.2. The SMILES string of the molecule is COc1ccc(C2=CC3CCC2N3C(=O)OC(C)(C)C)c(CCBr)n1. The fraction of sp³-hybridized carbons (Fsp3) is 0.579. The molecule has 25 heavy (non-hydrogen) atoms. The molecule has 136 valence electrons. The van der Waals surface area contributed by atoms with E-state index in [0.29, 0.717) is 5.88 Å². The van der Waals surface area contributed by atoms with Crippen LogP contribution in [0.5, 0.6) is 5.88 Å². The number of fused-ring (bicyclic) bond motifs is 2. The molecule has 2 aliphatic heterocycles. The lowest BCUT2D eigenvalue weighted by molar-refractivity contribution is 0.0235. The van der Waals surface area contributed by atoms with Crippen molar-refractivity contribution in [1.82, 2.24) is 9.88 Å². The first-order valence-electron chi connectivity index (χ1n) is 8.67. The number of carbonyl (C=O) groups excluding carboxylic acids is 1. The van der Waals surface area contributed by atoms with Crippen LogP contribution >= 0.6 is 15.9 Å². The summed E-state index contributed by atoms with van der Waals surface area (Å²) in [6, 6.07) is 4.14. The van der Waals surface area contributed by atoms with Crippen LogP contribution in [0.1, 0.15) is 44.9 Å². The van der Waals surface area contributed by atoms with Crippen molar-refractivity contribution in [3.05, 3.63) is 29.5 Å². The van der Waals surface area contributed by atoms with E-state index in [0.717, 1.165) is 35.8 Å². The van der Waals surface area contributed by atoms with Crippen LogP contribution in [-0.2, 0) is 11.2 Å². The number of ether oxygens (including phenoxy) is 2. The molecule has 1 amide bonds. The van der Waals surface area contributed by atoms with Gasteiger partial charge in [-0.05, 0) is 45.3 Å². The highest BCUT2D eigenvalue weighted by atomic mass is 79.9. The summed E-state index contributed by atoms with van der Waals surface area (Å²) >= 11 is 3.50. The fourth-order valence-corrected chi connectivity index (χ4v) is 3.99. The summed E-state index contributed by atoms with van der Waals surface area (Å²) in [6.45, 7) is 5.70. The zero-order valence-corrected chi connectivity index (χ0v) is 16.8. The Morgan fingerprint density at radius 2 is 2.12 bits per heavy atom. The maximum Gasteiger partial charge on any atom is 0.411 e. The monoisotopic (exact) mass is 408 g/mol. The Balaban J connectivity index is 1.88. The standard InChI is InChI=1S/C19H25BrN2O3/c1-19(2,3)25-18(23)22-12-5-7-16(22)14(11-12)13-6-8-17(24-4)21-15(13)9-10-20/h6,8,11-12,16H,5,7,9-10H2,1-4H3. The predicted molar refractivity (Wildman–Crippen MR) is 101 cm³/mol. The van der Waals surface area contributed by atoms with Gasteiger partial charge < -0.3 is 9.47 Å². The molecule has 1 aromatic heterocycles. The van der Waals surface area contributed by atoms with Gasteiger partial charge in [-0.2, -0.15) is 0 Å². The van der Waals surface area contributed by atoms with Gasteiger partial charge in [0.1, 0.15) is 5.60 Å². The van der Waals surface area contributed by atoms with Crippen LogP contribution in [0.4, 0.5) is 4.79 Å². The number of alkyl halides is 1. The third kappa shape index (κ3) is 3.68. The van der Waals surface area contributed by atoms with Crippen molar-refractivity contribution in [2.45, 2.75) is 57.7 Å². The molecule has 2 unspecified atom stereocenters. The van der Waals surface area contributed by atoms with E-state index in [1.807, 2.05) is 31.7 Å². The number of methoxy groups -OCH3 is 1. The minimum Gasteiger partial charge on any atom is -0.481 e. The van der Waals surface area contributed by atoms with E-state index in [1.54, 1.807) is 7.11 Å². The zero-order chi connectivity index (χ0) is 18.2. The number of pyridine rings is 1. The van der Waals surface area contributed by atoms with Gasteiger partial charge in [-0.25, -0.2) is 9.78 Å². The van der Waals surface area contributed by atoms with Crippen LogP contribution in [0, 0.1) is 0 Å². The minimum atomic E-state index is -0.484. The Bertz CT molecular complexity index is 696. The van der Waals surface area contributed by atoms with Crippen LogP contribution in [0.15, 0.2) is 18.2 Å². The molecule has 6 heteroatoms. The third-order valence-electron chi connectivity index (χ3n) is 4.56. The summed E-state index contributed by atoms with van der Waals surface area (Å²) in [5.41, 5.74) is 2.82. The van der Waals surface area contributed by atoms with Crippen LogP contribution in [0.3, 0.4) is 0 Å². The lowest BCUT2D eigenvalue weighted by atomic mass is 9.92. The van der Waals surface area contributed by atoms with Gasteiger partial charge in [0, 0.05) is 23.4 Å². The Morgan fingerprint density at radius 3 is 2.76 bits per heavy atom. The molecule has 0 saturated carbocycles. The second kappa shape index (κ2) is 6.98. The first kappa shape index (κ1) is 18.2. The molecule has 3 rings (SSSR count). The first-order valence-corrected chi connectivity index (χ1v) is 9.79. The van der Waals surface area contributed by atoms with Crippen LogP contribution < -0.4 is 4.74 Å². The number of amides is 1. The normalized spacial score (nSPS) is 22.1. The highest BCUT2D eigenvalue weighted by Crippen LogP contribution is 2.43. The number of rotatable bonds is 4. The second-order valence-corrected chi connectivity index (χ2v) is 8.25. The molecule has 3 heterocycles. The summed E-state index contributed by atoms with van der Waals surface area (Å²) in [7, 11) is 1.63. The van der Waals surface area contributed by atoms with Crippen molar-refractivity contribution >= 4 is 27.6 Å². The van der Waals surface area contributed by atoms with E-state index in [2.05, 4.69) is 33.1 Å². The van der Waals surface area contributed by atoms with Crippen LogP contribution in [0.25, 0.3) is 5.57 Å². The van der Waals surface area contributed by atoms with E-state index >= 15 is 0 Å². The summed E-state index contributed by atoms with van der Waals surface area (Å²) < 4.78 is 10.9. The highest BCUT2D eigenvalue weighted by molar-refractivity contribution is 9.09. The van der Waals surface area contributed by atoms with Gasteiger partial charge in [-0.1, -0.05) is 22.0 Å². The average Bonchev–Trinajstić information content (AvgIpc) is 3.11. The summed E-state index contributed by atoms with van der Waals surface area (Å²) in [5.74, 6) is 0.618. The van der Waals surface area contributed by atoms with Gasteiger partial charge in [-0.15, -0.1) is 0 Å². The molecular formula is C19H25BrN2O3. The number of aryl methyl sites for hydroxylation is 1. The molecule has 1 saturated heterocycles.